The van der Waals surface area contributed by atoms with Gasteiger partial charge in [0, 0.05) is 16.9 Å². The van der Waals surface area contributed by atoms with Crippen molar-refractivity contribution in [2.45, 2.75) is 12.8 Å². The lowest BCUT2D eigenvalue weighted by Gasteiger charge is -2.13. The van der Waals surface area contributed by atoms with Gasteiger partial charge in [-0.3, -0.25) is 4.79 Å². The van der Waals surface area contributed by atoms with Crippen molar-refractivity contribution >= 4 is 17.6 Å². The summed E-state index contributed by atoms with van der Waals surface area (Å²) in [5.74, 6) is -1.77. The van der Waals surface area contributed by atoms with Gasteiger partial charge in [-0.05, 0) is 48.4 Å². The summed E-state index contributed by atoms with van der Waals surface area (Å²) in [7, 11) is 1.30. The molecule has 1 atom stereocenters. The van der Waals surface area contributed by atoms with Crippen LogP contribution >= 0.6 is 0 Å². The van der Waals surface area contributed by atoms with Crippen LogP contribution < -0.4 is 5.32 Å². The number of hydrogen-bond acceptors (Lipinski definition) is 3. The average molecular weight is 364 g/mol. The number of halogens is 1. The Morgan fingerprint density at radius 3 is 2.52 bits per heavy atom. The Labute approximate surface area is 155 Å². The van der Waals surface area contributed by atoms with Gasteiger partial charge in [-0.25, -0.2) is 9.18 Å². The lowest BCUT2D eigenvalue weighted by atomic mass is 9.87. The summed E-state index contributed by atoms with van der Waals surface area (Å²) < 4.78 is 18.3. The minimum Gasteiger partial charge on any atom is -0.465 e. The summed E-state index contributed by atoms with van der Waals surface area (Å²) in [6.45, 7) is 1.75. The molecular weight excluding hydrogens is 347 g/mol. The van der Waals surface area contributed by atoms with E-state index in [9.17, 15) is 14.0 Å². The number of fused-ring (bicyclic) bond motifs is 1. The molecular formula is C21H17FN2O3. The van der Waals surface area contributed by atoms with Crippen LogP contribution in [-0.4, -0.2) is 24.0 Å². The predicted molar refractivity (Wildman–Crippen MR) is 99.2 cm³/mol. The van der Waals surface area contributed by atoms with Crippen molar-refractivity contribution in [1.29, 1.82) is 0 Å². The monoisotopic (exact) mass is 364 g/mol. The Hall–Kier alpha value is -3.41. The van der Waals surface area contributed by atoms with Crippen molar-refractivity contribution in [3.63, 3.8) is 0 Å². The molecule has 136 valence electrons. The number of aromatic amines is 1. The number of rotatable bonds is 3. The van der Waals surface area contributed by atoms with Crippen LogP contribution in [0.25, 0.3) is 11.3 Å². The number of anilines is 1. The molecule has 27 heavy (non-hydrogen) atoms. The van der Waals surface area contributed by atoms with E-state index in [1.165, 1.54) is 19.2 Å². The minimum absolute atomic E-state index is 0.219. The topological polar surface area (TPSA) is 71.2 Å². The number of methoxy groups -OCH3 is 1. The molecule has 1 aliphatic rings. The van der Waals surface area contributed by atoms with E-state index in [2.05, 4.69) is 10.3 Å². The molecule has 1 aliphatic heterocycles. The van der Waals surface area contributed by atoms with E-state index in [-0.39, 0.29) is 11.7 Å². The molecule has 0 spiro atoms. The van der Waals surface area contributed by atoms with Crippen LogP contribution in [0.3, 0.4) is 0 Å². The lowest BCUT2D eigenvalue weighted by molar-refractivity contribution is -0.116. The number of amides is 1. The van der Waals surface area contributed by atoms with Crippen molar-refractivity contribution in [3.8, 4) is 11.3 Å². The number of carbonyl (C=O) groups excluding carboxylic acids is 2. The van der Waals surface area contributed by atoms with Crippen LogP contribution in [0.4, 0.5) is 10.1 Å². The highest BCUT2D eigenvalue weighted by Crippen LogP contribution is 2.43. The molecule has 1 aromatic heterocycles. The van der Waals surface area contributed by atoms with Gasteiger partial charge < -0.3 is 15.0 Å². The van der Waals surface area contributed by atoms with E-state index >= 15 is 0 Å². The van der Waals surface area contributed by atoms with Gasteiger partial charge in [0.2, 0.25) is 5.91 Å². The van der Waals surface area contributed by atoms with Crippen LogP contribution in [0, 0.1) is 12.7 Å². The number of carbonyl (C=O) groups is 2. The Morgan fingerprint density at radius 2 is 1.81 bits per heavy atom. The highest BCUT2D eigenvalue weighted by atomic mass is 19.1. The molecule has 3 aromatic rings. The van der Waals surface area contributed by atoms with E-state index in [4.69, 9.17) is 4.74 Å². The summed E-state index contributed by atoms with van der Waals surface area (Å²) >= 11 is 0. The molecule has 0 fully saturated rings. The Kier molecular flexibility index (Phi) is 4.03. The average Bonchev–Trinajstić information content (AvgIpc) is 3.17. The molecule has 0 bridgehead atoms. The highest BCUT2D eigenvalue weighted by molar-refractivity contribution is 6.08. The highest BCUT2D eigenvalue weighted by Gasteiger charge is 2.38. The summed E-state index contributed by atoms with van der Waals surface area (Å²) in [6.07, 6.45) is 0. The second kappa shape index (κ2) is 6.39. The van der Waals surface area contributed by atoms with Gasteiger partial charge in [-0.1, -0.05) is 18.2 Å². The van der Waals surface area contributed by atoms with Crippen molar-refractivity contribution in [2.24, 2.45) is 0 Å². The fourth-order valence-corrected chi connectivity index (χ4v) is 3.64. The summed E-state index contributed by atoms with van der Waals surface area (Å²) in [5.41, 5.74) is 4.24. The Balaban J connectivity index is 1.99. The first-order chi connectivity index (χ1) is 13.0. The van der Waals surface area contributed by atoms with E-state index in [1.54, 1.807) is 19.1 Å². The quantitative estimate of drug-likeness (QED) is 0.690. The Morgan fingerprint density at radius 1 is 1.11 bits per heavy atom. The van der Waals surface area contributed by atoms with Gasteiger partial charge in [0.15, 0.2) is 0 Å². The molecule has 5 nitrogen and oxygen atoms in total. The predicted octanol–water partition coefficient (Wildman–Crippen LogP) is 4.00. The van der Waals surface area contributed by atoms with Crippen LogP contribution in [0.2, 0.25) is 0 Å². The number of aromatic nitrogens is 1. The van der Waals surface area contributed by atoms with E-state index < -0.39 is 11.9 Å². The maximum atomic E-state index is 13.4. The third-order valence-corrected chi connectivity index (χ3v) is 4.83. The fraction of sp³-hybridized carbons (Fsp3) is 0.143. The number of hydrogen-bond donors (Lipinski definition) is 2. The maximum Gasteiger partial charge on any atom is 0.340 e. The number of benzene rings is 2. The zero-order chi connectivity index (χ0) is 19.1. The first kappa shape index (κ1) is 17.0. The first-order valence-electron chi connectivity index (χ1n) is 8.47. The molecule has 0 saturated heterocycles. The smallest absolute Gasteiger partial charge is 0.340 e. The number of H-pyrrole nitrogens is 1. The van der Waals surface area contributed by atoms with Gasteiger partial charge in [-0.15, -0.1) is 0 Å². The first-order valence-corrected chi connectivity index (χ1v) is 8.47. The van der Waals surface area contributed by atoms with Gasteiger partial charge in [0.25, 0.3) is 0 Å². The van der Waals surface area contributed by atoms with Gasteiger partial charge >= 0.3 is 5.97 Å². The SMILES string of the molecule is COC(=O)c1c(C)[nH]c(-c2ccc(F)cc2)c1[C@H]1C(=O)Nc2ccccc21. The molecule has 0 radical (unpaired) electrons. The number of esters is 1. The molecule has 0 aliphatic carbocycles. The molecule has 0 saturated carbocycles. The zero-order valence-corrected chi connectivity index (χ0v) is 14.8. The lowest BCUT2D eigenvalue weighted by Crippen LogP contribution is -2.17. The van der Waals surface area contributed by atoms with Crippen molar-refractivity contribution in [1.82, 2.24) is 4.98 Å². The number of para-hydroxylation sites is 1. The molecule has 4 rings (SSSR count). The van der Waals surface area contributed by atoms with Gasteiger partial charge in [-0.2, -0.15) is 0 Å². The largest absolute Gasteiger partial charge is 0.465 e. The van der Waals surface area contributed by atoms with Crippen LogP contribution in [-0.2, 0) is 9.53 Å². The third-order valence-electron chi connectivity index (χ3n) is 4.83. The van der Waals surface area contributed by atoms with Crippen LogP contribution in [0.15, 0.2) is 48.5 Å². The molecule has 6 heteroatoms. The van der Waals surface area contributed by atoms with Crippen molar-refractivity contribution < 1.29 is 18.7 Å². The summed E-state index contributed by atoms with van der Waals surface area (Å²) in [4.78, 5) is 28.5. The summed E-state index contributed by atoms with van der Waals surface area (Å²) in [5, 5.41) is 2.86. The minimum atomic E-state index is -0.666. The number of nitrogens with one attached hydrogen (secondary N) is 2. The number of aryl methyl sites for hydroxylation is 1. The summed E-state index contributed by atoms with van der Waals surface area (Å²) in [6, 6.07) is 13.3. The van der Waals surface area contributed by atoms with Crippen LogP contribution in [0.1, 0.15) is 33.1 Å². The van der Waals surface area contributed by atoms with E-state index in [1.807, 2.05) is 24.3 Å². The van der Waals surface area contributed by atoms with E-state index in [0.717, 1.165) is 5.56 Å². The normalized spacial score (nSPS) is 15.4. The Bertz CT molecular complexity index is 1050. The van der Waals surface area contributed by atoms with Crippen molar-refractivity contribution in [2.75, 3.05) is 12.4 Å². The molecule has 1 amide bonds. The van der Waals surface area contributed by atoms with Crippen molar-refractivity contribution in [3.05, 3.63) is 76.7 Å². The maximum absolute atomic E-state index is 13.4. The molecule has 2 N–H and O–H groups in total. The molecule has 2 aromatic carbocycles. The number of ether oxygens (including phenoxy) is 1. The second-order valence-corrected chi connectivity index (χ2v) is 6.42. The molecule has 2 heterocycles. The third kappa shape index (κ3) is 2.70. The van der Waals surface area contributed by atoms with Crippen LogP contribution in [0.5, 0.6) is 0 Å². The molecule has 0 unspecified atom stereocenters. The van der Waals surface area contributed by atoms with Gasteiger partial charge in [0.05, 0.1) is 24.3 Å². The van der Waals surface area contributed by atoms with E-state index in [0.29, 0.717) is 33.8 Å². The fourth-order valence-electron chi connectivity index (χ4n) is 3.64. The van der Waals surface area contributed by atoms with Gasteiger partial charge in [0.1, 0.15) is 5.82 Å². The second-order valence-electron chi connectivity index (χ2n) is 6.42. The standard InChI is InChI=1S/C21H17FN2O3/c1-11-16(21(26)27-2)18(19(23-11)12-7-9-13(22)10-8-12)17-14-5-3-4-6-15(14)24-20(17)25/h3-10,17,23H,1-2H3,(H,24,25)/t17-/m0/s1. The zero-order valence-electron chi connectivity index (χ0n) is 14.8.